The summed E-state index contributed by atoms with van der Waals surface area (Å²) in [5, 5.41) is 20.7. The van der Waals surface area contributed by atoms with Gasteiger partial charge in [-0.3, -0.25) is 4.79 Å². The van der Waals surface area contributed by atoms with E-state index < -0.39 is 30.7 Å². The number of aliphatic hydroxyl groups is 2. The molecule has 13 atom stereocenters. The van der Waals surface area contributed by atoms with Gasteiger partial charge in [-0.25, -0.2) is 0 Å². The Bertz CT molecular complexity index is 841. The van der Waals surface area contributed by atoms with Crippen LogP contribution in [0, 0.1) is 34.5 Å². The van der Waals surface area contributed by atoms with Crippen LogP contribution in [0.25, 0.3) is 0 Å². The largest absolute Gasteiger partial charge is 0.469 e. The number of carbonyl (C=O) groups is 1. The Kier molecular flexibility index (Phi) is 7.04. The normalized spacial score (nSPS) is 54.8. The second kappa shape index (κ2) is 9.45. The first-order chi connectivity index (χ1) is 17.0. The molecule has 0 spiro atoms. The second-order valence-corrected chi connectivity index (χ2v) is 13.0. The molecule has 4 aliphatic carbocycles. The number of carbonyl (C=O) groups excluding carboxylic acids is 1. The number of hydrogen-bond donors (Lipinski definition) is 3. The highest BCUT2D eigenvalue weighted by Gasteiger charge is 2.67. The Morgan fingerprint density at radius 2 is 1.72 bits per heavy atom. The lowest BCUT2D eigenvalue weighted by Crippen LogP contribution is -2.67. The molecule has 5 rings (SSSR count). The fourth-order valence-electron chi connectivity index (χ4n) is 9.48. The van der Waals surface area contributed by atoms with Gasteiger partial charge in [0.15, 0.2) is 6.29 Å². The fraction of sp³-hybridized carbons (Fsp3) is 0.964. The van der Waals surface area contributed by atoms with Crippen LogP contribution in [0.5, 0.6) is 0 Å². The molecule has 0 aromatic rings. The molecule has 1 saturated heterocycles. The van der Waals surface area contributed by atoms with Gasteiger partial charge in [0, 0.05) is 12.6 Å². The Morgan fingerprint density at radius 3 is 2.42 bits per heavy atom. The van der Waals surface area contributed by atoms with E-state index in [2.05, 4.69) is 13.8 Å². The van der Waals surface area contributed by atoms with Crippen molar-refractivity contribution < 1.29 is 34.0 Å². The Morgan fingerprint density at radius 1 is 0.972 bits per heavy atom. The van der Waals surface area contributed by atoms with Crippen LogP contribution in [0.4, 0.5) is 0 Å². The lowest BCUT2D eigenvalue weighted by molar-refractivity contribution is -0.314. The molecule has 0 aromatic carbocycles. The van der Waals surface area contributed by atoms with E-state index in [9.17, 15) is 15.0 Å². The smallest absolute Gasteiger partial charge is 0.309 e. The van der Waals surface area contributed by atoms with E-state index >= 15 is 0 Å². The summed E-state index contributed by atoms with van der Waals surface area (Å²) < 4.78 is 23.0. The molecule has 0 bridgehead atoms. The maximum atomic E-state index is 12.6. The standard InChI is InChI=1S/C28H47NO7/c1-15-21(30)22(31)23(33-4)25(35-15)36-17-8-11-26(2)16(14-17)6-7-19-18(26)9-12-27(3)20(24(32)34-5)10-13-28(19,27)29/h15-23,25,30-31H,6-14,29H2,1-5H3/t15-,16+,17-,18-,19+,20+,21-,22+,23+,25-,26-,27+,28-/m0/s1. The van der Waals surface area contributed by atoms with Crippen LogP contribution >= 0.6 is 0 Å². The minimum absolute atomic E-state index is 0.0350. The predicted molar refractivity (Wildman–Crippen MR) is 133 cm³/mol. The van der Waals surface area contributed by atoms with Crippen molar-refractivity contribution in [2.45, 2.75) is 121 Å². The second-order valence-electron chi connectivity index (χ2n) is 13.0. The van der Waals surface area contributed by atoms with Gasteiger partial charge in [0.05, 0.1) is 25.2 Å². The Balaban J connectivity index is 1.29. The molecule has 4 saturated carbocycles. The maximum absolute atomic E-state index is 12.6. The SMILES string of the molecule is COC(=O)[C@H]1CC[C@]2(N)[C@@H]3CC[C@@H]4C[C@@H](O[C@@H]5O[C@@H](C)[C@H](O)[C@@H](O)[C@H]5OC)CC[C@]4(C)[C@H]3CC[C@]12C. The topological polar surface area (TPSA) is 120 Å². The van der Waals surface area contributed by atoms with E-state index in [4.69, 9.17) is 24.7 Å². The summed E-state index contributed by atoms with van der Waals surface area (Å²) in [6, 6.07) is 0. The average Bonchev–Trinajstić information content (AvgIpc) is 3.13. The minimum Gasteiger partial charge on any atom is -0.469 e. The number of fused-ring (bicyclic) bond motifs is 5. The number of rotatable bonds is 4. The zero-order valence-electron chi connectivity index (χ0n) is 22.7. The van der Waals surface area contributed by atoms with Crippen molar-refractivity contribution >= 4 is 5.97 Å². The number of ether oxygens (including phenoxy) is 4. The summed E-state index contributed by atoms with van der Waals surface area (Å²) in [4.78, 5) is 12.6. The van der Waals surface area contributed by atoms with Crippen molar-refractivity contribution in [2.75, 3.05) is 14.2 Å². The van der Waals surface area contributed by atoms with Crippen molar-refractivity contribution in [1.82, 2.24) is 0 Å². The van der Waals surface area contributed by atoms with E-state index in [0.29, 0.717) is 17.8 Å². The van der Waals surface area contributed by atoms with Crippen molar-refractivity contribution in [1.29, 1.82) is 0 Å². The summed E-state index contributed by atoms with van der Waals surface area (Å²) in [5.41, 5.74) is 7.03. The molecule has 0 radical (unpaired) electrons. The van der Waals surface area contributed by atoms with Crippen LogP contribution in [0.2, 0.25) is 0 Å². The maximum Gasteiger partial charge on any atom is 0.309 e. The third-order valence-electron chi connectivity index (χ3n) is 11.8. The first kappa shape index (κ1) is 26.8. The first-order valence-electron chi connectivity index (χ1n) is 14.1. The first-order valence-corrected chi connectivity index (χ1v) is 14.1. The van der Waals surface area contributed by atoms with E-state index in [0.717, 1.165) is 57.8 Å². The Labute approximate surface area is 215 Å². The van der Waals surface area contributed by atoms with Crippen LogP contribution in [0.1, 0.15) is 78.6 Å². The van der Waals surface area contributed by atoms with Crippen molar-refractivity contribution in [3.63, 3.8) is 0 Å². The van der Waals surface area contributed by atoms with Gasteiger partial charge >= 0.3 is 5.97 Å². The van der Waals surface area contributed by atoms with Gasteiger partial charge in [-0.05, 0) is 93.3 Å². The van der Waals surface area contributed by atoms with Crippen LogP contribution in [0.15, 0.2) is 0 Å². The van der Waals surface area contributed by atoms with Gasteiger partial charge in [-0.1, -0.05) is 13.8 Å². The molecular weight excluding hydrogens is 462 g/mol. The molecular formula is C28H47NO7. The number of nitrogens with two attached hydrogens (primary N) is 1. The van der Waals surface area contributed by atoms with E-state index in [-0.39, 0.29) is 34.4 Å². The molecule has 4 N–H and O–H groups in total. The molecule has 36 heavy (non-hydrogen) atoms. The highest BCUT2D eigenvalue weighted by molar-refractivity contribution is 5.74. The molecule has 0 aromatic heterocycles. The monoisotopic (exact) mass is 509 g/mol. The van der Waals surface area contributed by atoms with E-state index in [1.807, 2.05) is 0 Å². The quantitative estimate of drug-likeness (QED) is 0.391. The summed E-state index contributed by atoms with van der Waals surface area (Å²) in [6.07, 6.45) is 5.11. The molecule has 5 aliphatic rings. The van der Waals surface area contributed by atoms with Gasteiger partial charge < -0.3 is 34.9 Å². The minimum atomic E-state index is -1.04. The van der Waals surface area contributed by atoms with Gasteiger partial charge in [-0.2, -0.15) is 0 Å². The average molecular weight is 510 g/mol. The van der Waals surface area contributed by atoms with Crippen molar-refractivity contribution in [3.8, 4) is 0 Å². The van der Waals surface area contributed by atoms with Crippen LogP contribution in [0.3, 0.4) is 0 Å². The zero-order valence-corrected chi connectivity index (χ0v) is 22.7. The van der Waals surface area contributed by atoms with Crippen LogP contribution < -0.4 is 5.73 Å². The van der Waals surface area contributed by atoms with Gasteiger partial charge in [0.2, 0.25) is 0 Å². The lowest BCUT2D eigenvalue weighted by Gasteiger charge is -2.64. The zero-order chi connectivity index (χ0) is 26.0. The van der Waals surface area contributed by atoms with Crippen LogP contribution in [-0.4, -0.2) is 72.8 Å². The van der Waals surface area contributed by atoms with Crippen LogP contribution in [-0.2, 0) is 23.7 Å². The molecule has 0 amide bonds. The van der Waals surface area contributed by atoms with Gasteiger partial charge in [-0.15, -0.1) is 0 Å². The number of methoxy groups -OCH3 is 2. The number of hydrogen-bond acceptors (Lipinski definition) is 8. The molecule has 206 valence electrons. The molecule has 8 heteroatoms. The molecule has 1 aliphatic heterocycles. The predicted octanol–water partition coefficient (Wildman–Crippen LogP) is 2.77. The van der Waals surface area contributed by atoms with Crippen molar-refractivity contribution in [2.24, 2.45) is 40.2 Å². The third kappa shape index (κ3) is 3.81. The van der Waals surface area contributed by atoms with E-state index in [1.54, 1.807) is 6.92 Å². The van der Waals surface area contributed by atoms with Crippen molar-refractivity contribution in [3.05, 3.63) is 0 Å². The molecule has 8 nitrogen and oxygen atoms in total. The summed E-state index contributed by atoms with van der Waals surface area (Å²) >= 11 is 0. The van der Waals surface area contributed by atoms with Gasteiger partial charge in [0.1, 0.15) is 18.3 Å². The Hall–Kier alpha value is -0.770. The third-order valence-corrected chi connectivity index (χ3v) is 11.8. The molecule has 5 fully saturated rings. The highest BCUT2D eigenvalue weighted by atomic mass is 16.7. The number of aliphatic hydroxyl groups excluding tert-OH is 2. The fourth-order valence-corrected chi connectivity index (χ4v) is 9.48. The summed E-state index contributed by atoms with van der Waals surface area (Å²) in [5.74, 6) is 1.35. The molecule has 1 heterocycles. The number of esters is 1. The van der Waals surface area contributed by atoms with E-state index in [1.165, 1.54) is 14.2 Å². The lowest BCUT2D eigenvalue weighted by atomic mass is 9.42. The highest BCUT2D eigenvalue weighted by Crippen LogP contribution is 2.68. The molecule has 0 unspecified atom stereocenters. The summed E-state index contributed by atoms with van der Waals surface area (Å²) in [7, 11) is 3.01. The summed E-state index contributed by atoms with van der Waals surface area (Å²) in [6.45, 7) is 6.48. The van der Waals surface area contributed by atoms with Gasteiger partial charge in [0.25, 0.3) is 0 Å².